The van der Waals surface area contributed by atoms with Crippen molar-refractivity contribution in [1.82, 2.24) is 0 Å². The zero-order chi connectivity index (χ0) is 14.3. The third kappa shape index (κ3) is 5.27. The van der Waals surface area contributed by atoms with Crippen molar-refractivity contribution >= 4 is 11.6 Å². The van der Waals surface area contributed by atoms with Crippen LogP contribution in [0.2, 0.25) is 5.02 Å². The fraction of sp³-hybridized carbons (Fsp3) is 0.538. The molecule has 1 aromatic rings. The Balaban J connectivity index is 0.00000137. The predicted octanol–water partition coefficient (Wildman–Crippen LogP) is 4.34. The van der Waals surface area contributed by atoms with Crippen molar-refractivity contribution in [3.8, 4) is 0 Å². The van der Waals surface area contributed by atoms with E-state index in [9.17, 15) is 13.2 Å². The first-order valence-corrected chi connectivity index (χ1v) is 6.26. The van der Waals surface area contributed by atoms with Crippen LogP contribution in [0.5, 0.6) is 0 Å². The van der Waals surface area contributed by atoms with Crippen molar-refractivity contribution in [3.63, 3.8) is 0 Å². The van der Waals surface area contributed by atoms with E-state index in [1.807, 2.05) is 13.8 Å². The first-order valence-electron chi connectivity index (χ1n) is 5.88. The van der Waals surface area contributed by atoms with Gasteiger partial charge in [-0.05, 0) is 30.5 Å². The Labute approximate surface area is 111 Å². The molecule has 0 bridgehead atoms. The van der Waals surface area contributed by atoms with Gasteiger partial charge in [-0.2, -0.15) is 0 Å². The van der Waals surface area contributed by atoms with E-state index < -0.39 is 18.3 Å². The first kappa shape index (κ1) is 17.3. The van der Waals surface area contributed by atoms with Crippen LogP contribution in [0, 0.1) is 12.7 Å². The van der Waals surface area contributed by atoms with Crippen LogP contribution >= 0.6 is 11.6 Å². The van der Waals surface area contributed by atoms with Crippen LogP contribution in [0.15, 0.2) is 12.1 Å². The first-order chi connectivity index (χ1) is 8.35. The molecule has 5 heteroatoms. The molecule has 0 saturated heterocycles. The normalized spacial score (nSPS) is 10.9. The monoisotopic (exact) mass is 281 g/mol. The molecule has 0 aliphatic carbocycles. The number of aryl methyl sites for hydroxylation is 2. The molecule has 0 fully saturated rings. The lowest BCUT2D eigenvalue weighted by Gasteiger charge is -2.13. The summed E-state index contributed by atoms with van der Waals surface area (Å²) in [6.45, 7) is 4.87. The van der Waals surface area contributed by atoms with Gasteiger partial charge in [0.1, 0.15) is 5.82 Å². The quantitative estimate of drug-likeness (QED) is 0.873. The summed E-state index contributed by atoms with van der Waals surface area (Å²) in [7, 11) is 0. The third-order valence-corrected chi connectivity index (χ3v) is 2.62. The van der Waals surface area contributed by atoms with Crippen LogP contribution in [-0.4, -0.2) is 12.5 Å². The molecular formula is C13H19ClF3N. The van der Waals surface area contributed by atoms with Crippen molar-refractivity contribution < 1.29 is 13.2 Å². The van der Waals surface area contributed by atoms with Gasteiger partial charge in [0.2, 0.25) is 0 Å². The van der Waals surface area contributed by atoms with Crippen molar-refractivity contribution in [2.75, 3.05) is 6.54 Å². The third-order valence-electron chi connectivity index (χ3n) is 2.35. The summed E-state index contributed by atoms with van der Waals surface area (Å²) < 4.78 is 38.9. The van der Waals surface area contributed by atoms with Crippen molar-refractivity contribution in [2.24, 2.45) is 5.73 Å². The second-order valence-corrected chi connectivity index (χ2v) is 4.18. The SMILES string of the molecule is CC.Cc1cc(CCC(F)(F)CN)cc(Cl)c1F. The standard InChI is InChI=1S/C11H13ClF3N.C2H6/c1-7-4-8(5-9(12)10(7)13)2-3-11(14,15)6-16;1-2/h4-5H,2-3,6,16H2,1H3;1-2H3. The molecule has 0 radical (unpaired) electrons. The summed E-state index contributed by atoms with van der Waals surface area (Å²) in [5, 5.41) is -0.0361. The number of hydrogen-bond donors (Lipinski definition) is 1. The van der Waals surface area contributed by atoms with Crippen molar-refractivity contribution in [1.29, 1.82) is 0 Å². The van der Waals surface area contributed by atoms with Gasteiger partial charge in [0, 0.05) is 6.42 Å². The molecule has 1 nitrogen and oxygen atoms in total. The maximum absolute atomic E-state index is 13.2. The lowest BCUT2D eigenvalue weighted by molar-refractivity contribution is 0.00246. The van der Waals surface area contributed by atoms with Crippen molar-refractivity contribution in [2.45, 2.75) is 39.5 Å². The summed E-state index contributed by atoms with van der Waals surface area (Å²) in [5.74, 6) is -3.38. The van der Waals surface area contributed by atoms with Crippen LogP contribution in [-0.2, 0) is 6.42 Å². The van der Waals surface area contributed by atoms with Gasteiger partial charge in [-0.3, -0.25) is 0 Å². The molecule has 0 spiro atoms. The van der Waals surface area contributed by atoms with Gasteiger partial charge in [-0.1, -0.05) is 31.5 Å². The van der Waals surface area contributed by atoms with Gasteiger partial charge in [0.15, 0.2) is 0 Å². The Bertz CT molecular complexity index is 357. The summed E-state index contributed by atoms with van der Waals surface area (Å²) in [6.07, 6.45) is -0.226. The van der Waals surface area contributed by atoms with Gasteiger partial charge < -0.3 is 5.73 Å². The molecule has 1 aromatic carbocycles. The van der Waals surface area contributed by atoms with Gasteiger partial charge in [0.25, 0.3) is 5.92 Å². The summed E-state index contributed by atoms with van der Waals surface area (Å²) in [4.78, 5) is 0. The van der Waals surface area contributed by atoms with Gasteiger partial charge in [-0.25, -0.2) is 13.2 Å². The maximum atomic E-state index is 13.2. The molecule has 0 atom stereocenters. The number of nitrogens with two attached hydrogens (primary N) is 1. The molecule has 0 aliphatic rings. The molecule has 0 aromatic heterocycles. The maximum Gasteiger partial charge on any atom is 0.260 e. The van der Waals surface area contributed by atoms with Gasteiger partial charge in [-0.15, -0.1) is 0 Å². The fourth-order valence-electron chi connectivity index (χ4n) is 1.37. The van der Waals surface area contributed by atoms with Crippen LogP contribution in [0.4, 0.5) is 13.2 Å². The average Bonchev–Trinajstić information content (AvgIpc) is 2.36. The van der Waals surface area contributed by atoms with Gasteiger partial charge in [0.05, 0.1) is 11.6 Å². The van der Waals surface area contributed by atoms with Crippen LogP contribution < -0.4 is 5.73 Å². The summed E-state index contributed by atoms with van der Waals surface area (Å²) in [6, 6.07) is 2.89. The lowest BCUT2D eigenvalue weighted by Crippen LogP contribution is -2.28. The van der Waals surface area contributed by atoms with E-state index in [1.54, 1.807) is 6.92 Å². The van der Waals surface area contributed by atoms with E-state index in [0.29, 0.717) is 11.1 Å². The molecule has 18 heavy (non-hydrogen) atoms. The smallest absolute Gasteiger partial charge is 0.260 e. The average molecular weight is 282 g/mol. The highest BCUT2D eigenvalue weighted by molar-refractivity contribution is 6.30. The number of alkyl halides is 2. The van der Waals surface area contributed by atoms with Gasteiger partial charge >= 0.3 is 0 Å². The number of halogens is 4. The molecule has 104 valence electrons. The van der Waals surface area contributed by atoms with Crippen LogP contribution in [0.3, 0.4) is 0 Å². The minimum absolute atomic E-state index is 0.0361. The lowest BCUT2D eigenvalue weighted by atomic mass is 10.0. The minimum Gasteiger partial charge on any atom is -0.325 e. The molecule has 0 saturated carbocycles. The molecule has 1 rings (SSSR count). The Morgan fingerprint density at radius 3 is 2.28 bits per heavy atom. The van der Waals surface area contributed by atoms with E-state index in [0.717, 1.165) is 0 Å². The topological polar surface area (TPSA) is 26.0 Å². The number of benzene rings is 1. The molecular weight excluding hydrogens is 263 g/mol. The Kier molecular flexibility index (Phi) is 7.33. The van der Waals surface area contributed by atoms with Crippen molar-refractivity contribution in [3.05, 3.63) is 34.1 Å². The van der Waals surface area contributed by atoms with E-state index in [4.69, 9.17) is 17.3 Å². The highest BCUT2D eigenvalue weighted by atomic mass is 35.5. The Hall–Kier alpha value is -0.740. The zero-order valence-electron chi connectivity index (χ0n) is 10.9. The highest BCUT2D eigenvalue weighted by Crippen LogP contribution is 2.24. The Morgan fingerprint density at radius 1 is 1.28 bits per heavy atom. The van der Waals surface area contributed by atoms with E-state index in [-0.39, 0.29) is 17.9 Å². The molecule has 0 aliphatic heterocycles. The molecule has 0 heterocycles. The van der Waals surface area contributed by atoms with Crippen LogP contribution in [0.25, 0.3) is 0 Å². The second-order valence-electron chi connectivity index (χ2n) is 3.77. The molecule has 0 unspecified atom stereocenters. The predicted molar refractivity (Wildman–Crippen MR) is 69.8 cm³/mol. The van der Waals surface area contributed by atoms with Crippen LogP contribution in [0.1, 0.15) is 31.4 Å². The van der Waals surface area contributed by atoms with E-state index in [2.05, 4.69) is 0 Å². The zero-order valence-corrected chi connectivity index (χ0v) is 11.6. The van der Waals surface area contributed by atoms with E-state index in [1.165, 1.54) is 12.1 Å². The largest absolute Gasteiger partial charge is 0.325 e. The Morgan fingerprint density at radius 2 is 1.83 bits per heavy atom. The minimum atomic E-state index is -2.88. The molecule has 0 amide bonds. The second kappa shape index (κ2) is 7.64. The number of rotatable bonds is 4. The summed E-state index contributed by atoms with van der Waals surface area (Å²) in [5.41, 5.74) is 5.87. The summed E-state index contributed by atoms with van der Waals surface area (Å²) >= 11 is 5.62. The molecule has 2 N–H and O–H groups in total. The fourth-order valence-corrected chi connectivity index (χ4v) is 1.66. The van der Waals surface area contributed by atoms with E-state index >= 15 is 0 Å². The number of hydrogen-bond acceptors (Lipinski definition) is 1. The highest BCUT2D eigenvalue weighted by Gasteiger charge is 2.26.